The van der Waals surface area contributed by atoms with E-state index in [0.29, 0.717) is 11.9 Å². The van der Waals surface area contributed by atoms with Gasteiger partial charge in [0.2, 0.25) is 5.91 Å². The highest BCUT2D eigenvalue weighted by atomic mass is 16.2. The first-order valence-corrected chi connectivity index (χ1v) is 6.90. The van der Waals surface area contributed by atoms with Crippen LogP contribution < -0.4 is 0 Å². The zero-order chi connectivity index (χ0) is 12.0. The molecule has 0 saturated heterocycles. The summed E-state index contributed by atoms with van der Waals surface area (Å²) in [7, 11) is 1.94. The lowest BCUT2D eigenvalue weighted by molar-refractivity contribution is -0.132. The second kappa shape index (κ2) is 6.93. The Morgan fingerprint density at radius 2 is 1.94 bits per heavy atom. The summed E-state index contributed by atoms with van der Waals surface area (Å²) in [6, 6.07) is 0.388. The van der Waals surface area contributed by atoms with Crippen molar-refractivity contribution in [3.63, 3.8) is 0 Å². The fraction of sp³-hybridized carbons (Fsp3) is 0.929. The van der Waals surface area contributed by atoms with Gasteiger partial charge in [0.1, 0.15) is 0 Å². The SMILES string of the molecule is CCC(C)N(C)C(=O)CCC1CCCCC1. The Morgan fingerprint density at radius 1 is 1.31 bits per heavy atom. The van der Waals surface area contributed by atoms with Gasteiger partial charge in [-0.3, -0.25) is 4.79 Å². The summed E-state index contributed by atoms with van der Waals surface area (Å²) in [5.74, 6) is 1.16. The summed E-state index contributed by atoms with van der Waals surface area (Å²) >= 11 is 0. The summed E-state index contributed by atoms with van der Waals surface area (Å²) in [6.07, 6.45) is 9.76. The molecular weight excluding hydrogens is 198 g/mol. The minimum absolute atomic E-state index is 0.333. The van der Waals surface area contributed by atoms with Crippen LogP contribution in [0, 0.1) is 5.92 Å². The third-order valence-corrected chi connectivity index (χ3v) is 4.14. The minimum Gasteiger partial charge on any atom is -0.343 e. The van der Waals surface area contributed by atoms with E-state index in [1.165, 1.54) is 32.1 Å². The van der Waals surface area contributed by atoms with Gasteiger partial charge >= 0.3 is 0 Å². The topological polar surface area (TPSA) is 20.3 Å². The Kier molecular flexibility index (Phi) is 5.86. The van der Waals surface area contributed by atoms with Crippen LogP contribution in [0.5, 0.6) is 0 Å². The number of rotatable bonds is 5. The quantitative estimate of drug-likeness (QED) is 0.700. The van der Waals surface area contributed by atoms with Crippen molar-refractivity contribution in [2.45, 2.75) is 71.3 Å². The van der Waals surface area contributed by atoms with E-state index in [2.05, 4.69) is 13.8 Å². The molecule has 1 rings (SSSR count). The molecule has 94 valence electrons. The first kappa shape index (κ1) is 13.5. The zero-order valence-electron chi connectivity index (χ0n) is 11.2. The van der Waals surface area contributed by atoms with Gasteiger partial charge in [0.15, 0.2) is 0 Å². The van der Waals surface area contributed by atoms with Crippen LogP contribution >= 0.6 is 0 Å². The molecule has 1 fully saturated rings. The maximum atomic E-state index is 11.9. The predicted octanol–water partition coefficient (Wildman–Crippen LogP) is 3.60. The highest BCUT2D eigenvalue weighted by molar-refractivity contribution is 5.76. The Labute approximate surface area is 100 Å². The number of amides is 1. The second-order valence-corrected chi connectivity index (χ2v) is 5.30. The molecule has 0 spiro atoms. The normalized spacial score (nSPS) is 19.4. The van der Waals surface area contributed by atoms with Crippen molar-refractivity contribution in [1.82, 2.24) is 4.90 Å². The van der Waals surface area contributed by atoms with Crippen LogP contribution in [0.4, 0.5) is 0 Å². The van der Waals surface area contributed by atoms with Crippen LogP contribution in [0.25, 0.3) is 0 Å². The van der Waals surface area contributed by atoms with Crippen LogP contribution in [-0.2, 0) is 4.79 Å². The van der Waals surface area contributed by atoms with Crippen molar-refractivity contribution < 1.29 is 4.79 Å². The van der Waals surface area contributed by atoms with Gasteiger partial charge in [-0.15, -0.1) is 0 Å². The lowest BCUT2D eigenvalue weighted by Gasteiger charge is -2.26. The molecule has 0 heterocycles. The van der Waals surface area contributed by atoms with Crippen molar-refractivity contribution >= 4 is 5.91 Å². The molecule has 2 heteroatoms. The highest BCUT2D eigenvalue weighted by Crippen LogP contribution is 2.27. The summed E-state index contributed by atoms with van der Waals surface area (Å²) in [6.45, 7) is 4.26. The largest absolute Gasteiger partial charge is 0.343 e. The predicted molar refractivity (Wildman–Crippen MR) is 68.3 cm³/mol. The van der Waals surface area contributed by atoms with E-state index in [4.69, 9.17) is 0 Å². The fourth-order valence-corrected chi connectivity index (χ4v) is 2.50. The Hall–Kier alpha value is -0.530. The number of nitrogens with zero attached hydrogens (tertiary/aromatic N) is 1. The molecule has 0 aliphatic heterocycles. The number of carbonyl (C=O) groups excluding carboxylic acids is 1. The Morgan fingerprint density at radius 3 is 2.50 bits per heavy atom. The van der Waals surface area contributed by atoms with Crippen molar-refractivity contribution in [2.24, 2.45) is 5.92 Å². The summed E-state index contributed by atoms with van der Waals surface area (Å²) in [5, 5.41) is 0. The average Bonchev–Trinajstić information content (AvgIpc) is 2.35. The third kappa shape index (κ3) is 4.15. The van der Waals surface area contributed by atoms with Crippen LogP contribution in [0.2, 0.25) is 0 Å². The average molecular weight is 225 g/mol. The molecule has 1 amide bonds. The van der Waals surface area contributed by atoms with Gasteiger partial charge in [-0.25, -0.2) is 0 Å². The zero-order valence-corrected chi connectivity index (χ0v) is 11.2. The summed E-state index contributed by atoms with van der Waals surface area (Å²) < 4.78 is 0. The summed E-state index contributed by atoms with van der Waals surface area (Å²) in [4.78, 5) is 13.8. The monoisotopic (exact) mass is 225 g/mol. The maximum Gasteiger partial charge on any atom is 0.222 e. The molecule has 1 unspecified atom stereocenters. The molecule has 0 aromatic rings. The standard InChI is InChI=1S/C14H27NO/c1-4-12(2)15(3)14(16)11-10-13-8-6-5-7-9-13/h12-13H,4-11H2,1-3H3. The van der Waals surface area contributed by atoms with Gasteiger partial charge in [-0.1, -0.05) is 39.0 Å². The van der Waals surface area contributed by atoms with E-state index in [9.17, 15) is 4.79 Å². The molecule has 1 aliphatic rings. The first-order valence-electron chi connectivity index (χ1n) is 6.90. The van der Waals surface area contributed by atoms with Crippen LogP contribution in [0.1, 0.15) is 65.2 Å². The number of carbonyl (C=O) groups is 1. The minimum atomic E-state index is 0.333. The maximum absolute atomic E-state index is 11.9. The molecule has 0 bridgehead atoms. The molecule has 0 N–H and O–H groups in total. The van der Waals surface area contributed by atoms with Crippen molar-refractivity contribution in [2.75, 3.05) is 7.05 Å². The number of hydrogen-bond acceptors (Lipinski definition) is 1. The van der Waals surface area contributed by atoms with E-state index >= 15 is 0 Å². The summed E-state index contributed by atoms with van der Waals surface area (Å²) in [5.41, 5.74) is 0. The lowest BCUT2D eigenvalue weighted by Crippen LogP contribution is -2.34. The van der Waals surface area contributed by atoms with Gasteiger partial charge in [0.05, 0.1) is 0 Å². The second-order valence-electron chi connectivity index (χ2n) is 5.30. The van der Waals surface area contributed by atoms with Crippen LogP contribution in [0.15, 0.2) is 0 Å². The first-order chi connectivity index (χ1) is 7.65. The van der Waals surface area contributed by atoms with E-state index in [1.54, 1.807) is 0 Å². The van der Waals surface area contributed by atoms with Gasteiger partial charge < -0.3 is 4.90 Å². The van der Waals surface area contributed by atoms with Gasteiger partial charge in [0.25, 0.3) is 0 Å². The van der Waals surface area contributed by atoms with Gasteiger partial charge in [-0.05, 0) is 25.7 Å². The van der Waals surface area contributed by atoms with Crippen molar-refractivity contribution in [3.05, 3.63) is 0 Å². The van der Waals surface area contributed by atoms with E-state index in [1.807, 2.05) is 11.9 Å². The smallest absolute Gasteiger partial charge is 0.222 e. The van der Waals surface area contributed by atoms with E-state index in [0.717, 1.165) is 25.2 Å². The Bertz CT molecular complexity index is 209. The third-order valence-electron chi connectivity index (χ3n) is 4.14. The molecular formula is C14H27NO. The van der Waals surface area contributed by atoms with Crippen LogP contribution in [-0.4, -0.2) is 23.9 Å². The van der Waals surface area contributed by atoms with Crippen molar-refractivity contribution in [3.8, 4) is 0 Å². The van der Waals surface area contributed by atoms with Crippen LogP contribution in [0.3, 0.4) is 0 Å². The molecule has 2 nitrogen and oxygen atoms in total. The van der Waals surface area contributed by atoms with E-state index in [-0.39, 0.29) is 0 Å². The molecule has 1 saturated carbocycles. The van der Waals surface area contributed by atoms with Gasteiger partial charge in [0, 0.05) is 19.5 Å². The number of hydrogen-bond donors (Lipinski definition) is 0. The molecule has 1 atom stereocenters. The fourth-order valence-electron chi connectivity index (χ4n) is 2.50. The Balaban J connectivity index is 2.23. The van der Waals surface area contributed by atoms with Crippen molar-refractivity contribution in [1.29, 1.82) is 0 Å². The molecule has 16 heavy (non-hydrogen) atoms. The van der Waals surface area contributed by atoms with Gasteiger partial charge in [-0.2, -0.15) is 0 Å². The highest BCUT2D eigenvalue weighted by Gasteiger charge is 2.18. The molecule has 0 aromatic carbocycles. The lowest BCUT2D eigenvalue weighted by atomic mass is 9.86. The molecule has 0 radical (unpaired) electrons. The van der Waals surface area contributed by atoms with E-state index < -0.39 is 0 Å². The molecule has 0 aromatic heterocycles. The molecule has 1 aliphatic carbocycles.